The number of nitrogens with zero attached hydrogens (tertiary/aromatic N) is 2. The minimum absolute atomic E-state index is 0.705. The fourth-order valence-corrected chi connectivity index (χ4v) is 1.48. The van der Waals surface area contributed by atoms with Crippen LogP contribution in [0.4, 0.5) is 0 Å². The Balaban J connectivity index is 0.000000337. The monoisotopic (exact) mass is 205 g/mol. The lowest BCUT2D eigenvalue weighted by Gasteiger charge is -2.26. The van der Waals surface area contributed by atoms with E-state index in [0.29, 0.717) is 4.59 Å². The predicted octanol–water partition coefficient (Wildman–Crippen LogP) is 3.03. The van der Waals surface area contributed by atoms with Crippen LogP contribution in [0.15, 0.2) is 29.4 Å². The normalized spacial score (nSPS) is 16.3. The fraction of sp³-hybridized carbons (Fsp3) is 0.462. The maximum atomic E-state index is 4.42. The van der Waals surface area contributed by atoms with Crippen LogP contribution in [0.1, 0.15) is 31.4 Å². The van der Waals surface area contributed by atoms with Crippen LogP contribution in [0, 0.1) is 0 Å². The second-order valence-electron chi connectivity index (χ2n) is 4.43. The first kappa shape index (κ1) is 11.9. The van der Waals surface area contributed by atoms with Gasteiger partial charge >= 0.3 is 0 Å². The van der Waals surface area contributed by atoms with E-state index in [0.717, 1.165) is 6.54 Å². The van der Waals surface area contributed by atoms with E-state index in [2.05, 4.69) is 57.3 Å². The van der Waals surface area contributed by atoms with Gasteiger partial charge in [-0.3, -0.25) is 0 Å². The van der Waals surface area contributed by atoms with E-state index >= 15 is 0 Å². The van der Waals surface area contributed by atoms with Crippen molar-refractivity contribution in [3.8, 4) is 0 Å². The lowest BCUT2D eigenvalue weighted by atomic mass is 10.1. The van der Waals surface area contributed by atoms with Gasteiger partial charge in [0.25, 0.3) is 0 Å². The highest BCUT2D eigenvalue weighted by atomic mass is 15.6. The first-order valence-electron chi connectivity index (χ1n) is 5.55. The van der Waals surface area contributed by atoms with E-state index in [1.54, 1.807) is 0 Å². The van der Waals surface area contributed by atoms with Crippen molar-refractivity contribution < 1.29 is 4.59 Å². The van der Waals surface area contributed by atoms with Crippen molar-refractivity contribution in [1.82, 2.24) is 0 Å². The number of hydrogen-bond acceptors (Lipinski definition) is 1. The number of hydrogen-bond donors (Lipinski definition) is 0. The molecule has 1 aliphatic heterocycles. The average molecular weight is 205 g/mol. The predicted molar refractivity (Wildman–Crippen MR) is 65.8 cm³/mol. The van der Waals surface area contributed by atoms with E-state index < -0.39 is 0 Å². The molecule has 0 unspecified atom stereocenters. The second kappa shape index (κ2) is 5.08. The molecule has 0 amide bonds. The molecule has 1 aromatic carbocycles. The van der Waals surface area contributed by atoms with Gasteiger partial charge < -0.3 is 0 Å². The number of fused-ring (bicyclic) bond motifs is 1. The molecule has 1 heterocycles. The minimum atomic E-state index is 0.705. The van der Waals surface area contributed by atoms with Crippen molar-refractivity contribution in [2.24, 2.45) is 5.10 Å². The van der Waals surface area contributed by atoms with Crippen LogP contribution in [-0.4, -0.2) is 24.9 Å². The summed E-state index contributed by atoms with van der Waals surface area (Å²) in [7, 11) is 4.21. The van der Waals surface area contributed by atoms with Gasteiger partial charge in [-0.2, -0.15) is 4.59 Å². The summed E-state index contributed by atoms with van der Waals surface area (Å²) in [6.07, 6.45) is 3.21. The van der Waals surface area contributed by atoms with E-state index in [-0.39, 0.29) is 0 Å². The van der Waals surface area contributed by atoms with Gasteiger partial charge in [-0.05, 0) is 0 Å². The molecule has 0 saturated heterocycles. The fourth-order valence-electron chi connectivity index (χ4n) is 1.48. The molecular formula is C13H21N2+. The third kappa shape index (κ3) is 3.48. The first-order chi connectivity index (χ1) is 7.09. The van der Waals surface area contributed by atoms with Crippen LogP contribution in [0.2, 0.25) is 0 Å². The molecule has 0 saturated carbocycles. The van der Waals surface area contributed by atoms with Crippen LogP contribution in [0.25, 0.3) is 0 Å². The van der Waals surface area contributed by atoms with Gasteiger partial charge in [0.2, 0.25) is 0 Å². The summed E-state index contributed by atoms with van der Waals surface area (Å²) < 4.78 is 0.705. The quantitative estimate of drug-likeness (QED) is 0.577. The number of rotatable bonds is 0. The van der Waals surface area contributed by atoms with Crippen LogP contribution in [0.5, 0.6) is 0 Å². The van der Waals surface area contributed by atoms with Crippen molar-refractivity contribution in [1.29, 1.82) is 0 Å². The highest BCUT2D eigenvalue weighted by molar-refractivity contribution is 5.81. The molecule has 0 radical (unpaired) electrons. The molecule has 2 nitrogen and oxygen atoms in total. The highest BCUT2D eigenvalue weighted by Crippen LogP contribution is 2.17. The van der Waals surface area contributed by atoms with Gasteiger partial charge in [0.05, 0.1) is 20.3 Å². The van der Waals surface area contributed by atoms with Gasteiger partial charge in [-0.15, -0.1) is 0 Å². The summed E-state index contributed by atoms with van der Waals surface area (Å²) in [5.74, 6) is 0. The lowest BCUT2D eigenvalue weighted by Crippen LogP contribution is -2.35. The molecule has 0 fully saturated rings. The Bertz CT molecular complexity index is 340. The third-order valence-electron chi connectivity index (χ3n) is 2.12. The molecule has 0 bridgehead atoms. The van der Waals surface area contributed by atoms with Crippen molar-refractivity contribution in [3.63, 3.8) is 0 Å². The Labute approximate surface area is 92.8 Å². The molecule has 2 rings (SSSR count). The second-order valence-corrected chi connectivity index (χ2v) is 4.43. The Kier molecular flexibility index (Phi) is 4.04. The van der Waals surface area contributed by atoms with E-state index in [1.807, 2.05) is 6.21 Å². The zero-order valence-corrected chi connectivity index (χ0v) is 10.2. The van der Waals surface area contributed by atoms with Crippen molar-refractivity contribution in [2.75, 3.05) is 14.1 Å². The molecule has 0 aromatic heterocycles. The largest absolute Gasteiger partial charge is 0.199 e. The third-order valence-corrected chi connectivity index (χ3v) is 2.12. The standard InChI is InChI=1S/C10H13N2.C3H8/c1-12(2)8-10-6-4-3-5-9(10)7-11-12;1-3-2/h3-7H,8H2,1-2H3;3H2,1-2H3/q+1;. The Morgan fingerprint density at radius 1 is 1.20 bits per heavy atom. The molecule has 0 spiro atoms. The van der Waals surface area contributed by atoms with Crippen molar-refractivity contribution >= 4 is 6.21 Å². The molecule has 0 N–H and O–H groups in total. The SMILES string of the molecule is CCC.C[N+]1(C)Cc2ccccc2C=N1. The zero-order chi connectivity index (χ0) is 11.3. The summed E-state index contributed by atoms with van der Waals surface area (Å²) >= 11 is 0. The van der Waals surface area contributed by atoms with Crippen molar-refractivity contribution in [2.45, 2.75) is 26.8 Å². The average Bonchev–Trinajstić information content (AvgIpc) is 2.17. The van der Waals surface area contributed by atoms with E-state index in [4.69, 9.17) is 0 Å². The summed E-state index contributed by atoms with van der Waals surface area (Å²) in [4.78, 5) is 0. The summed E-state index contributed by atoms with van der Waals surface area (Å²) in [6.45, 7) is 5.24. The highest BCUT2D eigenvalue weighted by Gasteiger charge is 2.20. The van der Waals surface area contributed by atoms with Crippen LogP contribution >= 0.6 is 0 Å². The maximum absolute atomic E-state index is 4.42. The lowest BCUT2D eigenvalue weighted by molar-refractivity contribution is -0.910. The maximum Gasteiger partial charge on any atom is 0.129 e. The number of benzene rings is 1. The molecule has 2 heteroatoms. The molecule has 15 heavy (non-hydrogen) atoms. The molecule has 0 atom stereocenters. The minimum Gasteiger partial charge on any atom is -0.199 e. The Morgan fingerprint density at radius 2 is 1.80 bits per heavy atom. The summed E-state index contributed by atoms with van der Waals surface area (Å²) in [5, 5.41) is 4.42. The van der Waals surface area contributed by atoms with Crippen LogP contribution in [-0.2, 0) is 6.54 Å². The smallest absolute Gasteiger partial charge is 0.129 e. The Hall–Kier alpha value is -1.15. The molecule has 0 aliphatic carbocycles. The Morgan fingerprint density at radius 3 is 2.47 bits per heavy atom. The molecular weight excluding hydrogens is 184 g/mol. The molecule has 1 aromatic rings. The topological polar surface area (TPSA) is 12.4 Å². The van der Waals surface area contributed by atoms with Gasteiger partial charge in [0, 0.05) is 11.1 Å². The van der Waals surface area contributed by atoms with Crippen LogP contribution in [0.3, 0.4) is 0 Å². The van der Waals surface area contributed by atoms with E-state index in [9.17, 15) is 0 Å². The first-order valence-corrected chi connectivity index (χ1v) is 5.55. The molecule has 1 aliphatic rings. The van der Waals surface area contributed by atoms with Gasteiger partial charge in [-0.25, -0.2) is 0 Å². The van der Waals surface area contributed by atoms with Gasteiger partial charge in [0.15, 0.2) is 0 Å². The number of quaternary nitrogens is 1. The van der Waals surface area contributed by atoms with E-state index in [1.165, 1.54) is 17.5 Å². The van der Waals surface area contributed by atoms with Gasteiger partial charge in [-0.1, -0.05) is 49.6 Å². The van der Waals surface area contributed by atoms with Gasteiger partial charge in [0.1, 0.15) is 6.54 Å². The molecule has 82 valence electrons. The summed E-state index contributed by atoms with van der Waals surface area (Å²) in [5.41, 5.74) is 2.65. The van der Waals surface area contributed by atoms with Crippen molar-refractivity contribution in [3.05, 3.63) is 35.4 Å². The summed E-state index contributed by atoms with van der Waals surface area (Å²) in [6, 6.07) is 8.41. The zero-order valence-electron chi connectivity index (χ0n) is 10.2. The van der Waals surface area contributed by atoms with Crippen LogP contribution < -0.4 is 0 Å².